The van der Waals surface area contributed by atoms with Gasteiger partial charge in [-0.05, 0) is 23.6 Å². The van der Waals surface area contributed by atoms with E-state index >= 15 is 0 Å². The fourth-order valence-corrected chi connectivity index (χ4v) is 3.46. The Labute approximate surface area is 101 Å². The molecule has 90 valence electrons. The molecule has 0 bridgehead atoms. The highest BCUT2D eigenvalue weighted by Crippen LogP contribution is 2.28. The Bertz CT molecular complexity index is 486. The zero-order chi connectivity index (χ0) is 12.6. The van der Waals surface area contributed by atoms with Crippen molar-refractivity contribution in [2.45, 2.75) is 25.7 Å². The van der Waals surface area contributed by atoms with Crippen molar-refractivity contribution in [1.82, 2.24) is 0 Å². The molecular formula is C11H15ClO3S. The van der Waals surface area contributed by atoms with Gasteiger partial charge in [0.25, 0.3) is 0 Å². The normalized spacial score (nSPS) is 12.8. The van der Waals surface area contributed by atoms with Crippen LogP contribution in [0, 0.1) is 5.41 Å². The molecule has 0 saturated carbocycles. The molecule has 0 spiro atoms. The van der Waals surface area contributed by atoms with Gasteiger partial charge in [-0.15, -0.1) is 0 Å². The number of phenols is 1. The minimum Gasteiger partial charge on any atom is -0.506 e. The van der Waals surface area contributed by atoms with E-state index in [2.05, 4.69) is 0 Å². The molecule has 0 aromatic heterocycles. The Morgan fingerprint density at radius 3 is 2.31 bits per heavy atom. The van der Waals surface area contributed by atoms with E-state index in [0.717, 1.165) is 0 Å². The van der Waals surface area contributed by atoms with Gasteiger partial charge in [0.2, 0.25) is 0 Å². The lowest BCUT2D eigenvalue weighted by atomic mass is 10.0. The number of hydrogen-bond acceptors (Lipinski definition) is 3. The van der Waals surface area contributed by atoms with E-state index in [1.807, 2.05) is 20.8 Å². The third-order valence-electron chi connectivity index (χ3n) is 1.90. The first-order chi connectivity index (χ1) is 7.12. The Balaban J connectivity index is 3.13. The summed E-state index contributed by atoms with van der Waals surface area (Å²) in [6.45, 7) is 5.56. The van der Waals surface area contributed by atoms with E-state index in [9.17, 15) is 13.5 Å². The topological polar surface area (TPSA) is 54.4 Å². The van der Waals surface area contributed by atoms with Crippen LogP contribution in [-0.2, 0) is 9.84 Å². The van der Waals surface area contributed by atoms with Crippen LogP contribution in [0.4, 0.5) is 0 Å². The van der Waals surface area contributed by atoms with E-state index in [1.54, 1.807) is 0 Å². The van der Waals surface area contributed by atoms with Gasteiger partial charge in [-0.25, -0.2) is 8.42 Å². The largest absolute Gasteiger partial charge is 0.506 e. The van der Waals surface area contributed by atoms with Crippen molar-refractivity contribution in [3.63, 3.8) is 0 Å². The lowest BCUT2D eigenvalue weighted by Gasteiger charge is -2.18. The molecule has 1 N–H and O–H groups in total. The van der Waals surface area contributed by atoms with Gasteiger partial charge in [0, 0.05) is 0 Å². The van der Waals surface area contributed by atoms with E-state index in [-0.39, 0.29) is 26.8 Å². The SMILES string of the molecule is CC(C)(C)CS(=O)(=O)c1ccc(O)c(Cl)c1. The van der Waals surface area contributed by atoms with Crippen LogP contribution in [0.2, 0.25) is 5.02 Å². The van der Waals surface area contributed by atoms with Crippen molar-refractivity contribution in [2.24, 2.45) is 5.41 Å². The van der Waals surface area contributed by atoms with Gasteiger partial charge in [-0.1, -0.05) is 32.4 Å². The Kier molecular flexibility index (Phi) is 3.55. The van der Waals surface area contributed by atoms with Gasteiger partial charge in [-0.2, -0.15) is 0 Å². The number of aromatic hydroxyl groups is 1. The smallest absolute Gasteiger partial charge is 0.178 e. The maximum absolute atomic E-state index is 12.0. The first-order valence-corrected chi connectivity index (χ1v) is 6.86. The Morgan fingerprint density at radius 1 is 1.31 bits per heavy atom. The maximum atomic E-state index is 12.0. The summed E-state index contributed by atoms with van der Waals surface area (Å²) in [6, 6.07) is 3.93. The predicted octanol–water partition coefficient (Wildman–Crippen LogP) is 2.87. The van der Waals surface area contributed by atoms with E-state index in [0.29, 0.717) is 0 Å². The fourth-order valence-electron chi connectivity index (χ4n) is 1.33. The number of phenolic OH excluding ortho intramolecular Hbond substituents is 1. The van der Waals surface area contributed by atoms with Gasteiger partial charge in [0.05, 0.1) is 15.7 Å². The molecule has 5 heteroatoms. The van der Waals surface area contributed by atoms with Gasteiger partial charge >= 0.3 is 0 Å². The van der Waals surface area contributed by atoms with Crippen LogP contribution in [0.5, 0.6) is 5.75 Å². The van der Waals surface area contributed by atoms with Crippen LogP contribution in [0.1, 0.15) is 20.8 Å². The maximum Gasteiger partial charge on any atom is 0.178 e. The van der Waals surface area contributed by atoms with E-state index in [4.69, 9.17) is 11.6 Å². The highest BCUT2D eigenvalue weighted by Gasteiger charge is 2.23. The molecule has 0 amide bonds. The predicted molar refractivity (Wildman–Crippen MR) is 64.6 cm³/mol. The average molecular weight is 263 g/mol. The summed E-state index contributed by atoms with van der Waals surface area (Å²) in [5.74, 6) is -0.0717. The molecule has 1 aromatic rings. The van der Waals surface area contributed by atoms with Crippen molar-refractivity contribution < 1.29 is 13.5 Å². The van der Waals surface area contributed by atoms with Gasteiger partial charge < -0.3 is 5.11 Å². The van der Waals surface area contributed by atoms with E-state index < -0.39 is 9.84 Å². The van der Waals surface area contributed by atoms with Crippen molar-refractivity contribution in [3.05, 3.63) is 23.2 Å². The second-order valence-electron chi connectivity index (χ2n) is 4.93. The lowest BCUT2D eigenvalue weighted by molar-refractivity contribution is 0.461. The molecule has 0 heterocycles. The highest BCUT2D eigenvalue weighted by atomic mass is 35.5. The molecule has 0 saturated heterocycles. The number of halogens is 1. The molecule has 0 radical (unpaired) electrons. The van der Waals surface area contributed by atoms with Gasteiger partial charge in [0.1, 0.15) is 5.75 Å². The van der Waals surface area contributed by atoms with Crippen molar-refractivity contribution >= 4 is 21.4 Å². The summed E-state index contributed by atoms with van der Waals surface area (Å²) in [5, 5.41) is 9.27. The van der Waals surface area contributed by atoms with Gasteiger partial charge in [0.15, 0.2) is 9.84 Å². The number of sulfone groups is 1. The quantitative estimate of drug-likeness (QED) is 0.892. The molecule has 16 heavy (non-hydrogen) atoms. The van der Waals surface area contributed by atoms with Crippen molar-refractivity contribution in [3.8, 4) is 5.75 Å². The molecule has 1 aromatic carbocycles. The third-order valence-corrected chi connectivity index (χ3v) is 4.42. The summed E-state index contributed by atoms with van der Waals surface area (Å²) in [7, 11) is -3.35. The Hall–Kier alpha value is -0.740. The molecule has 0 aliphatic rings. The van der Waals surface area contributed by atoms with E-state index in [1.165, 1.54) is 18.2 Å². The molecule has 0 aliphatic carbocycles. The van der Waals surface area contributed by atoms with Crippen molar-refractivity contribution in [1.29, 1.82) is 0 Å². The molecule has 1 rings (SSSR count). The summed E-state index contributed by atoms with van der Waals surface area (Å²) in [6.07, 6.45) is 0. The summed E-state index contributed by atoms with van der Waals surface area (Å²) < 4.78 is 23.9. The van der Waals surface area contributed by atoms with Crippen molar-refractivity contribution in [2.75, 3.05) is 5.75 Å². The third kappa shape index (κ3) is 3.39. The monoisotopic (exact) mass is 262 g/mol. The number of benzene rings is 1. The van der Waals surface area contributed by atoms with Crippen LogP contribution in [-0.4, -0.2) is 19.3 Å². The Morgan fingerprint density at radius 2 is 1.88 bits per heavy atom. The zero-order valence-corrected chi connectivity index (χ0v) is 11.1. The second-order valence-corrected chi connectivity index (χ2v) is 7.33. The van der Waals surface area contributed by atoms with Crippen LogP contribution >= 0.6 is 11.6 Å². The molecule has 0 unspecified atom stereocenters. The highest BCUT2D eigenvalue weighted by molar-refractivity contribution is 7.91. The van der Waals surface area contributed by atoms with Crippen LogP contribution in [0.15, 0.2) is 23.1 Å². The first kappa shape index (κ1) is 13.3. The lowest BCUT2D eigenvalue weighted by Crippen LogP contribution is -2.20. The summed E-state index contributed by atoms with van der Waals surface area (Å²) in [4.78, 5) is 0.144. The van der Waals surface area contributed by atoms with Crippen LogP contribution in [0.25, 0.3) is 0 Å². The standard InChI is InChI=1S/C11H15ClO3S/c1-11(2,3)7-16(14,15)8-4-5-10(13)9(12)6-8/h4-6,13H,7H2,1-3H3. The molecular weight excluding hydrogens is 248 g/mol. The molecule has 0 fully saturated rings. The number of hydrogen-bond donors (Lipinski definition) is 1. The fraction of sp³-hybridized carbons (Fsp3) is 0.455. The molecule has 3 nitrogen and oxygen atoms in total. The number of rotatable bonds is 2. The summed E-state index contributed by atoms with van der Waals surface area (Å²) in [5.41, 5.74) is -0.316. The van der Waals surface area contributed by atoms with Gasteiger partial charge in [-0.3, -0.25) is 0 Å². The zero-order valence-electron chi connectivity index (χ0n) is 9.49. The average Bonchev–Trinajstić information content (AvgIpc) is 2.05. The summed E-state index contributed by atoms with van der Waals surface area (Å²) >= 11 is 5.68. The van der Waals surface area contributed by atoms with Crippen LogP contribution < -0.4 is 0 Å². The van der Waals surface area contributed by atoms with Crippen LogP contribution in [0.3, 0.4) is 0 Å². The first-order valence-electron chi connectivity index (χ1n) is 4.83. The molecule has 0 atom stereocenters. The minimum absolute atomic E-state index is 0.0428. The molecule has 0 aliphatic heterocycles. The minimum atomic E-state index is -3.35. The second kappa shape index (κ2) is 4.26.